The van der Waals surface area contributed by atoms with Gasteiger partial charge < -0.3 is 5.43 Å². The predicted molar refractivity (Wildman–Crippen MR) is 75.2 cm³/mol. The lowest BCUT2D eigenvalue weighted by Crippen LogP contribution is -2.14. The van der Waals surface area contributed by atoms with Crippen molar-refractivity contribution in [2.24, 2.45) is 5.10 Å². The van der Waals surface area contributed by atoms with E-state index >= 15 is 0 Å². The molecule has 1 heterocycles. The van der Waals surface area contributed by atoms with Gasteiger partial charge in [-0.25, -0.2) is 0 Å². The van der Waals surface area contributed by atoms with E-state index in [4.69, 9.17) is 11.6 Å². The van der Waals surface area contributed by atoms with Gasteiger partial charge in [-0.3, -0.25) is 0 Å². The first kappa shape index (κ1) is 11.3. The smallest absolute Gasteiger partial charge is 0.0768 e. The number of benzene rings is 2. The molecule has 2 aromatic carbocycles. The van der Waals surface area contributed by atoms with Crippen LogP contribution in [0.3, 0.4) is 0 Å². The highest BCUT2D eigenvalue weighted by molar-refractivity contribution is 6.30. The highest BCUT2D eigenvalue weighted by Crippen LogP contribution is 2.25. The lowest BCUT2D eigenvalue weighted by atomic mass is 9.91. The zero-order chi connectivity index (χ0) is 12.4. The molecule has 3 heteroatoms. The van der Waals surface area contributed by atoms with E-state index in [9.17, 15) is 0 Å². The second-order valence-electron chi connectivity index (χ2n) is 4.33. The van der Waals surface area contributed by atoms with Gasteiger partial charge in [0.15, 0.2) is 0 Å². The summed E-state index contributed by atoms with van der Waals surface area (Å²) in [6.45, 7) is 0.839. The van der Waals surface area contributed by atoms with Crippen molar-refractivity contribution < 1.29 is 0 Å². The Bertz CT molecular complexity index is 561. The summed E-state index contributed by atoms with van der Waals surface area (Å²) in [6, 6.07) is 18.3. The van der Waals surface area contributed by atoms with Crippen LogP contribution in [0.1, 0.15) is 17.0 Å². The second kappa shape index (κ2) is 4.83. The molecule has 0 aromatic heterocycles. The number of nitrogens with one attached hydrogen (secondary N) is 1. The topological polar surface area (TPSA) is 24.4 Å². The summed E-state index contributed by atoms with van der Waals surface area (Å²) in [7, 11) is 0. The second-order valence-corrected chi connectivity index (χ2v) is 4.77. The molecule has 2 aromatic rings. The molecule has 0 fully saturated rings. The van der Waals surface area contributed by atoms with E-state index in [1.807, 2.05) is 30.3 Å². The number of hydrazone groups is 1. The van der Waals surface area contributed by atoms with Gasteiger partial charge in [-0.1, -0.05) is 54.1 Å². The van der Waals surface area contributed by atoms with Gasteiger partial charge in [-0.15, -0.1) is 0 Å². The van der Waals surface area contributed by atoms with E-state index in [1.165, 1.54) is 11.1 Å². The van der Waals surface area contributed by atoms with Crippen molar-refractivity contribution in [1.82, 2.24) is 5.43 Å². The van der Waals surface area contributed by atoms with Crippen molar-refractivity contribution >= 4 is 17.3 Å². The van der Waals surface area contributed by atoms with E-state index < -0.39 is 0 Å². The van der Waals surface area contributed by atoms with Gasteiger partial charge in [0.1, 0.15) is 0 Å². The molecule has 0 aliphatic carbocycles. The average molecular weight is 257 g/mol. The molecule has 0 amide bonds. The Morgan fingerprint density at radius 1 is 1.00 bits per heavy atom. The lowest BCUT2D eigenvalue weighted by molar-refractivity contribution is 0.763. The van der Waals surface area contributed by atoms with Crippen molar-refractivity contribution in [3.8, 4) is 0 Å². The summed E-state index contributed by atoms with van der Waals surface area (Å²) in [5.41, 5.74) is 6.60. The first-order chi connectivity index (χ1) is 8.84. The first-order valence-corrected chi connectivity index (χ1v) is 6.34. The summed E-state index contributed by atoms with van der Waals surface area (Å²) in [5, 5.41) is 5.19. The van der Waals surface area contributed by atoms with Gasteiger partial charge in [0, 0.05) is 17.5 Å². The molecule has 0 spiro atoms. The van der Waals surface area contributed by atoms with Gasteiger partial charge in [0.2, 0.25) is 0 Å². The quantitative estimate of drug-likeness (QED) is 0.875. The Morgan fingerprint density at radius 2 is 1.72 bits per heavy atom. The molecule has 1 N–H and O–H groups in total. The molecular formula is C15H13ClN2. The van der Waals surface area contributed by atoms with Gasteiger partial charge >= 0.3 is 0 Å². The number of hydrogen-bond donors (Lipinski definition) is 1. The van der Waals surface area contributed by atoms with Crippen molar-refractivity contribution in [1.29, 1.82) is 0 Å². The number of halogens is 1. The van der Waals surface area contributed by atoms with Crippen molar-refractivity contribution in [2.45, 2.75) is 5.92 Å². The fraction of sp³-hybridized carbons (Fsp3) is 0.133. The van der Waals surface area contributed by atoms with Gasteiger partial charge in [-0.2, -0.15) is 5.10 Å². The highest BCUT2D eigenvalue weighted by atomic mass is 35.5. The third-order valence-electron chi connectivity index (χ3n) is 3.17. The largest absolute Gasteiger partial charge is 0.309 e. The minimum absolute atomic E-state index is 0.296. The Hall–Kier alpha value is -1.80. The fourth-order valence-corrected chi connectivity index (χ4v) is 2.37. The number of hydrogen-bond acceptors (Lipinski definition) is 2. The SMILES string of the molecule is Clc1ccc(C2CNN=C2c2ccccc2)cc1. The van der Waals surface area contributed by atoms with Crippen LogP contribution in [0.5, 0.6) is 0 Å². The number of nitrogens with zero attached hydrogens (tertiary/aromatic N) is 1. The van der Waals surface area contributed by atoms with E-state index in [0.29, 0.717) is 5.92 Å². The molecule has 0 bridgehead atoms. The maximum Gasteiger partial charge on any atom is 0.0768 e. The van der Waals surface area contributed by atoms with E-state index in [-0.39, 0.29) is 0 Å². The minimum Gasteiger partial charge on any atom is -0.309 e. The molecule has 3 rings (SSSR count). The van der Waals surface area contributed by atoms with Crippen LogP contribution in [0, 0.1) is 0 Å². The lowest BCUT2D eigenvalue weighted by Gasteiger charge is -2.12. The summed E-state index contributed by atoms with van der Waals surface area (Å²) in [4.78, 5) is 0. The van der Waals surface area contributed by atoms with Crippen LogP contribution >= 0.6 is 11.6 Å². The molecule has 0 saturated carbocycles. The Balaban J connectivity index is 1.94. The maximum absolute atomic E-state index is 5.93. The molecule has 1 unspecified atom stereocenters. The summed E-state index contributed by atoms with van der Waals surface area (Å²) < 4.78 is 0. The molecule has 90 valence electrons. The van der Waals surface area contributed by atoms with Gasteiger partial charge in [-0.05, 0) is 23.3 Å². The molecule has 1 aliphatic heterocycles. The molecule has 18 heavy (non-hydrogen) atoms. The molecule has 0 saturated heterocycles. The van der Waals surface area contributed by atoms with Crippen molar-refractivity contribution in [3.63, 3.8) is 0 Å². The maximum atomic E-state index is 5.93. The molecule has 0 radical (unpaired) electrons. The third-order valence-corrected chi connectivity index (χ3v) is 3.42. The van der Waals surface area contributed by atoms with Crippen LogP contribution < -0.4 is 5.43 Å². The first-order valence-electron chi connectivity index (χ1n) is 5.96. The number of rotatable bonds is 2. The Labute approximate surface area is 111 Å². The van der Waals surface area contributed by atoms with Crippen LogP contribution in [0.4, 0.5) is 0 Å². The summed E-state index contributed by atoms with van der Waals surface area (Å²) >= 11 is 5.93. The fourth-order valence-electron chi connectivity index (χ4n) is 2.24. The summed E-state index contributed by atoms with van der Waals surface area (Å²) in [6.07, 6.45) is 0. The van der Waals surface area contributed by atoms with Gasteiger partial charge in [0.25, 0.3) is 0 Å². The van der Waals surface area contributed by atoms with Crippen LogP contribution in [0.25, 0.3) is 0 Å². The Morgan fingerprint density at radius 3 is 2.44 bits per heavy atom. The normalized spacial score (nSPS) is 18.3. The Kier molecular flexibility index (Phi) is 3.03. The van der Waals surface area contributed by atoms with E-state index in [0.717, 1.165) is 17.3 Å². The van der Waals surface area contributed by atoms with Crippen LogP contribution in [-0.2, 0) is 0 Å². The van der Waals surface area contributed by atoms with Crippen LogP contribution in [0.15, 0.2) is 59.7 Å². The highest BCUT2D eigenvalue weighted by Gasteiger charge is 2.24. The van der Waals surface area contributed by atoms with E-state index in [2.05, 4.69) is 34.8 Å². The zero-order valence-electron chi connectivity index (χ0n) is 9.81. The molecular weight excluding hydrogens is 244 g/mol. The minimum atomic E-state index is 0.296. The molecule has 2 nitrogen and oxygen atoms in total. The summed E-state index contributed by atoms with van der Waals surface area (Å²) in [5.74, 6) is 0.296. The van der Waals surface area contributed by atoms with Crippen LogP contribution in [-0.4, -0.2) is 12.3 Å². The monoisotopic (exact) mass is 256 g/mol. The molecule has 1 atom stereocenters. The van der Waals surface area contributed by atoms with Crippen LogP contribution in [0.2, 0.25) is 5.02 Å². The van der Waals surface area contributed by atoms with Crippen molar-refractivity contribution in [2.75, 3.05) is 6.54 Å². The average Bonchev–Trinajstić information content (AvgIpc) is 2.90. The predicted octanol–water partition coefficient (Wildman–Crippen LogP) is 3.43. The van der Waals surface area contributed by atoms with E-state index in [1.54, 1.807) is 0 Å². The molecule has 1 aliphatic rings. The van der Waals surface area contributed by atoms with Crippen molar-refractivity contribution in [3.05, 3.63) is 70.7 Å². The zero-order valence-corrected chi connectivity index (χ0v) is 10.6. The van der Waals surface area contributed by atoms with Gasteiger partial charge in [0.05, 0.1) is 5.71 Å². The standard InChI is InChI=1S/C15H13ClN2/c16-13-8-6-11(7-9-13)14-10-17-18-15(14)12-4-2-1-3-5-12/h1-9,14,17H,10H2. The third kappa shape index (κ3) is 2.12.